The van der Waals surface area contributed by atoms with E-state index < -0.39 is 12.1 Å². The average molecular weight is 368 g/mol. The van der Waals surface area contributed by atoms with E-state index in [4.69, 9.17) is 24.2 Å². The molecule has 1 aromatic carbocycles. The molecule has 7 heteroatoms. The third-order valence-electron chi connectivity index (χ3n) is 2.81. The number of fused-ring (bicyclic) bond motifs is 1. The van der Waals surface area contributed by atoms with Gasteiger partial charge in [0.1, 0.15) is 17.7 Å². The number of carbonyl (C=O) groups excluding carboxylic acids is 1. The van der Waals surface area contributed by atoms with Crippen LogP contribution < -0.4 is 9.47 Å². The maximum Gasteiger partial charge on any atom is 0.349 e. The molecule has 1 heterocycles. The molecule has 1 atom stereocenters. The molecule has 0 radical (unpaired) electrons. The van der Waals surface area contributed by atoms with Crippen molar-refractivity contribution in [3.8, 4) is 17.6 Å². The number of hydrogen-bond donors (Lipinski definition) is 0. The molecule has 0 aromatic heterocycles. The smallest absolute Gasteiger partial charge is 0.349 e. The Hall–Kier alpha value is -2.04. The van der Waals surface area contributed by atoms with E-state index in [1.807, 2.05) is 6.07 Å². The number of esters is 1. The lowest BCUT2D eigenvalue weighted by Gasteiger charge is -2.11. The molecule has 1 aliphatic heterocycles. The maximum absolute atomic E-state index is 11.9. The van der Waals surface area contributed by atoms with E-state index in [1.165, 1.54) is 13.2 Å². The summed E-state index contributed by atoms with van der Waals surface area (Å²) >= 11 is 3.36. The van der Waals surface area contributed by atoms with Crippen LogP contribution >= 0.6 is 15.9 Å². The van der Waals surface area contributed by atoms with E-state index in [-0.39, 0.29) is 19.0 Å². The second-order valence-electron chi connectivity index (χ2n) is 4.58. The van der Waals surface area contributed by atoms with Gasteiger partial charge in [0.2, 0.25) is 6.79 Å². The first kappa shape index (κ1) is 16.3. The number of nitriles is 1. The van der Waals surface area contributed by atoms with Gasteiger partial charge in [-0.1, -0.05) is 0 Å². The Balaban J connectivity index is 2.21. The highest BCUT2D eigenvalue weighted by molar-refractivity contribution is 9.10. The number of hydrogen-bond acceptors (Lipinski definition) is 6. The summed E-state index contributed by atoms with van der Waals surface area (Å²) in [6.45, 7) is 2.09. The van der Waals surface area contributed by atoms with Crippen molar-refractivity contribution in [3.63, 3.8) is 0 Å². The predicted octanol–water partition coefficient (Wildman–Crippen LogP) is 2.66. The van der Waals surface area contributed by atoms with Crippen LogP contribution in [0.4, 0.5) is 0 Å². The van der Waals surface area contributed by atoms with Crippen molar-refractivity contribution in [3.05, 3.63) is 27.7 Å². The molecule has 1 aromatic rings. The van der Waals surface area contributed by atoms with Crippen LogP contribution in [0.1, 0.15) is 12.5 Å². The van der Waals surface area contributed by atoms with Gasteiger partial charge < -0.3 is 18.9 Å². The van der Waals surface area contributed by atoms with Crippen molar-refractivity contribution in [2.75, 3.05) is 20.5 Å². The molecular weight excluding hydrogens is 354 g/mol. The minimum atomic E-state index is -0.694. The molecule has 2 rings (SSSR count). The summed E-state index contributed by atoms with van der Waals surface area (Å²) in [5.41, 5.74) is 0.526. The van der Waals surface area contributed by atoms with E-state index in [2.05, 4.69) is 15.9 Å². The van der Waals surface area contributed by atoms with E-state index in [0.717, 1.165) is 0 Å². The van der Waals surface area contributed by atoms with Crippen LogP contribution in [0.15, 0.2) is 22.2 Å². The highest BCUT2D eigenvalue weighted by Crippen LogP contribution is 2.40. The molecule has 1 aliphatic rings. The number of carbonyl (C=O) groups is 1. The molecular formula is C15H14BrNO5. The van der Waals surface area contributed by atoms with Crippen LogP contribution in [0.2, 0.25) is 0 Å². The summed E-state index contributed by atoms with van der Waals surface area (Å²) in [5, 5.41) is 9.15. The molecule has 0 spiro atoms. The van der Waals surface area contributed by atoms with Gasteiger partial charge in [-0.3, -0.25) is 0 Å². The summed E-state index contributed by atoms with van der Waals surface area (Å²) in [6, 6.07) is 5.27. The van der Waals surface area contributed by atoms with Crippen molar-refractivity contribution in [2.45, 2.75) is 13.0 Å². The molecule has 0 amide bonds. The normalized spacial score (nSPS) is 14.4. The fraction of sp³-hybridized carbons (Fsp3) is 0.333. The molecule has 6 nitrogen and oxygen atoms in total. The lowest BCUT2D eigenvalue weighted by molar-refractivity contribution is -0.145. The van der Waals surface area contributed by atoms with Crippen LogP contribution in [0.25, 0.3) is 6.08 Å². The molecule has 0 saturated carbocycles. The van der Waals surface area contributed by atoms with Crippen molar-refractivity contribution in [1.29, 1.82) is 5.26 Å². The number of ether oxygens (including phenoxy) is 4. The van der Waals surface area contributed by atoms with Crippen LogP contribution in [0.3, 0.4) is 0 Å². The summed E-state index contributed by atoms with van der Waals surface area (Å²) in [7, 11) is 1.51. The molecule has 22 heavy (non-hydrogen) atoms. The number of nitrogens with zero attached hydrogens (tertiary/aromatic N) is 1. The summed E-state index contributed by atoms with van der Waals surface area (Å²) in [4.78, 5) is 11.9. The zero-order valence-corrected chi connectivity index (χ0v) is 13.7. The minimum absolute atomic E-state index is 0.103. The number of halogens is 1. The van der Waals surface area contributed by atoms with Gasteiger partial charge in [-0.2, -0.15) is 5.26 Å². The van der Waals surface area contributed by atoms with Crippen molar-refractivity contribution in [1.82, 2.24) is 0 Å². The SMILES string of the molecule is COC[C@H](C)OC(=O)/C(C#N)=C/c1cc(Br)c2c(c1)OCO2. The summed E-state index contributed by atoms with van der Waals surface area (Å²) in [6.07, 6.45) is 1.01. The third-order valence-corrected chi connectivity index (χ3v) is 3.40. The van der Waals surface area contributed by atoms with E-state index in [1.54, 1.807) is 19.1 Å². The highest BCUT2D eigenvalue weighted by Gasteiger charge is 2.19. The van der Waals surface area contributed by atoms with Gasteiger partial charge >= 0.3 is 5.97 Å². The molecule has 0 unspecified atom stereocenters. The molecule has 0 fully saturated rings. The zero-order valence-electron chi connectivity index (χ0n) is 12.1. The Morgan fingerprint density at radius 1 is 1.55 bits per heavy atom. The quantitative estimate of drug-likeness (QED) is 0.452. The van der Waals surface area contributed by atoms with E-state index in [0.29, 0.717) is 21.5 Å². The topological polar surface area (TPSA) is 77.8 Å². The van der Waals surface area contributed by atoms with E-state index in [9.17, 15) is 4.79 Å². The third kappa shape index (κ3) is 3.78. The lowest BCUT2D eigenvalue weighted by Crippen LogP contribution is -2.20. The van der Waals surface area contributed by atoms with Crippen LogP contribution in [-0.4, -0.2) is 32.6 Å². The molecule has 0 N–H and O–H groups in total. The average Bonchev–Trinajstić information content (AvgIpc) is 2.93. The predicted molar refractivity (Wildman–Crippen MR) is 81.3 cm³/mol. The zero-order chi connectivity index (χ0) is 16.1. The largest absolute Gasteiger partial charge is 0.456 e. The Bertz CT molecular complexity index is 650. The fourth-order valence-electron chi connectivity index (χ4n) is 1.89. The first-order chi connectivity index (χ1) is 10.5. The highest BCUT2D eigenvalue weighted by atomic mass is 79.9. The van der Waals surface area contributed by atoms with Crippen molar-refractivity contribution < 1.29 is 23.7 Å². The lowest BCUT2D eigenvalue weighted by atomic mass is 10.1. The minimum Gasteiger partial charge on any atom is -0.456 e. The van der Waals surface area contributed by atoms with Gasteiger partial charge in [-0.15, -0.1) is 0 Å². The molecule has 0 saturated heterocycles. The fourth-order valence-corrected chi connectivity index (χ4v) is 2.46. The van der Waals surface area contributed by atoms with Gasteiger partial charge in [0.05, 0.1) is 11.1 Å². The molecule has 0 bridgehead atoms. The summed E-state index contributed by atoms with van der Waals surface area (Å²) in [5.74, 6) is 0.465. The second kappa shape index (κ2) is 7.29. The first-order valence-corrected chi connectivity index (χ1v) is 7.25. The monoisotopic (exact) mass is 367 g/mol. The number of benzene rings is 1. The number of rotatable bonds is 5. The standard InChI is InChI=1S/C15H14BrNO5/c1-9(7-19-2)22-15(18)11(6-17)3-10-4-12(16)14-13(5-10)20-8-21-14/h3-5,9H,7-8H2,1-2H3/b11-3+/t9-/m0/s1. The Morgan fingerprint density at radius 3 is 3.00 bits per heavy atom. The Morgan fingerprint density at radius 2 is 2.32 bits per heavy atom. The Kier molecular flexibility index (Phi) is 5.41. The number of methoxy groups -OCH3 is 1. The maximum atomic E-state index is 11.9. The van der Waals surface area contributed by atoms with Gasteiger partial charge in [-0.05, 0) is 46.6 Å². The van der Waals surface area contributed by atoms with E-state index >= 15 is 0 Å². The van der Waals surface area contributed by atoms with Crippen LogP contribution in [0.5, 0.6) is 11.5 Å². The first-order valence-electron chi connectivity index (χ1n) is 6.46. The van der Waals surface area contributed by atoms with Gasteiger partial charge in [-0.25, -0.2) is 4.79 Å². The van der Waals surface area contributed by atoms with Crippen molar-refractivity contribution in [2.24, 2.45) is 0 Å². The van der Waals surface area contributed by atoms with Gasteiger partial charge in [0.25, 0.3) is 0 Å². The van der Waals surface area contributed by atoms with Gasteiger partial charge in [0, 0.05) is 7.11 Å². The second-order valence-corrected chi connectivity index (χ2v) is 5.43. The van der Waals surface area contributed by atoms with Crippen molar-refractivity contribution >= 4 is 28.0 Å². The molecule has 116 valence electrons. The van der Waals surface area contributed by atoms with Crippen LogP contribution in [-0.2, 0) is 14.3 Å². The van der Waals surface area contributed by atoms with Crippen LogP contribution in [0, 0.1) is 11.3 Å². The van der Waals surface area contributed by atoms with Gasteiger partial charge in [0.15, 0.2) is 11.5 Å². The Labute approximate surface area is 136 Å². The molecule has 0 aliphatic carbocycles. The summed E-state index contributed by atoms with van der Waals surface area (Å²) < 4.78 is 21.3.